The van der Waals surface area contributed by atoms with Crippen LogP contribution < -0.4 is 4.90 Å². The lowest BCUT2D eigenvalue weighted by Gasteiger charge is -2.29. The molecule has 5 nitrogen and oxygen atoms in total. The summed E-state index contributed by atoms with van der Waals surface area (Å²) in [5.74, 6) is -1.58. The van der Waals surface area contributed by atoms with Crippen molar-refractivity contribution in [2.75, 3.05) is 31.2 Å². The lowest BCUT2D eigenvalue weighted by atomic mass is 10.2. The van der Waals surface area contributed by atoms with E-state index in [1.165, 1.54) is 6.92 Å². The number of ketones is 1. The molecule has 0 radical (unpaired) electrons. The molecule has 0 unspecified atom stereocenters. The number of aromatic nitrogens is 2. The number of hydrogen-bond acceptors (Lipinski definition) is 5. The van der Waals surface area contributed by atoms with Gasteiger partial charge in [0.2, 0.25) is 5.82 Å². The van der Waals surface area contributed by atoms with Gasteiger partial charge in [0.25, 0.3) is 0 Å². The molecule has 0 aromatic carbocycles. The first-order valence-electron chi connectivity index (χ1n) is 5.67. The minimum atomic E-state index is -4.63. The first-order chi connectivity index (χ1) is 8.89. The first-order valence-corrected chi connectivity index (χ1v) is 5.67. The van der Waals surface area contributed by atoms with Gasteiger partial charge in [-0.05, 0) is 6.92 Å². The Morgan fingerprint density at radius 3 is 2.53 bits per heavy atom. The summed E-state index contributed by atoms with van der Waals surface area (Å²) in [4.78, 5) is 19.8. The van der Waals surface area contributed by atoms with Crippen molar-refractivity contribution in [2.24, 2.45) is 0 Å². The van der Waals surface area contributed by atoms with E-state index in [0.717, 1.165) is 6.20 Å². The number of nitrogens with zero attached hydrogens (tertiary/aromatic N) is 3. The lowest BCUT2D eigenvalue weighted by molar-refractivity contribution is -0.144. The number of hydrogen-bond donors (Lipinski definition) is 0. The molecule has 0 N–H and O–H groups in total. The van der Waals surface area contributed by atoms with E-state index < -0.39 is 12.0 Å². The van der Waals surface area contributed by atoms with Gasteiger partial charge in [-0.3, -0.25) is 4.79 Å². The van der Waals surface area contributed by atoms with Gasteiger partial charge in [0.1, 0.15) is 5.82 Å². The average molecular weight is 275 g/mol. The Morgan fingerprint density at radius 1 is 1.37 bits per heavy atom. The zero-order valence-corrected chi connectivity index (χ0v) is 10.2. The molecule has 0 saturated carbocycles. The van der Waals surface area contributed by atoms with Gasteiger partial charge in [0.15, 0.2) is 5.78 Å². The fourth-order valence-electron chi connectivity index (χ4n) is 1.77. The average Bonchev–Trinajstić information content (AvgIpc) is 2.38. The van der Waals surface area contributed by atoms with E-state index in [0.29, 0.717) is 26.3 Å². The van der Waals surface area contributed by atoms with Crippen LogP contribution in [0.5, 0.6) is 0 Å². The lowest BCUT2D eigenvalue weighted by Crippen LogP contribution is -2.38. The molecule has 1 aliphatic heterocycles. The predicted molar refractivity (Wildman–Crippen MR) is 60.1 cm³/mol. The molecule has 104 valence electrons. The highest BCUT2D eigenvalue weighted by Crippen LogP contribution is 2.29. The quantitative estimate of drug-likeness (QED) is 0.766. The van der Waals surface area contributed by atoms with Crippen molar-refractivity contribution in [3.8, 4) is 0 Å². The summed E-state index contributed by atoms with van der Waals surface area (Å²) < 4.78 is 43.0. The highest BCUT2D eigenvalue weighted by molar-refractivity contribution is 5.98. The van der Waals surface area contributed by atoms with E-state index in [2.05, 4.69) is 9.97 Å². The number of halogens is 3. The second kappa shape index (κ2) is 5.12. The molecule has 1 saturated heterocycles. The monoisotopic (exact) mass is 275 g/mol. The zero-order valence-electron chi connectivity index (χ0n) is 10.2. The van der Waals surface area contributed by atoms with Crippen LogP contribution in [0.2, 0.25) is 0 Å². The topological polar surface area (TPSA) is 55.3 Å². The second-order valence-corrected chi connectivity index (χ2v) is 4.08. The third-order valence-corrected chi connectivity index (χ3v) is 2.71. The third-order valence-electron chi connectivity index (χ3n) is 2.71. The number of Topliss-reactive ketones (excluding diaryl/α,β-unsaturated/α-hetero) is 1. The third kappa shape index (κ3) is 3.01. The van der Waals surface area contributed by atoms with Crippen molar-refractivity contribution in [1.29, 1.82) is 0 Å². The van der Waals surface area contributed by atoms with Crippen molar-refractivity contribution in [1.82, 2.24) is 9.97 Å². The van der Waals surface area contributed by atoms with Crippen molar-refractivity contribution >= 4 is 11.6 Å². The van der Waals surface area contributed by atoms with Gasteiger partial charge in [-0.1, -0.05) is 0 Å². The molecule has 2 rings (SSSR count). The Morgan fingerprint density at radius 2 is 2.00 bits per heavy atom. The van der Waals surface area contributed by atoms with Gasteiger partial charge in [-0.25, -0.2) is 9.97 Å². The summed E-state index contributed by atoms with van der Waals surface area (Å²) in [5.41, 5.74) is 0.0925. The number of ether oxygens (including phenoxy) is 1. The highest BCUT2D eigenvalue weighted by Gasteiger charge is 2.36. The van der Waals surface area contributed by atoms with E-state index in [1.807, 2.05) is 0 Å². The smallest absolute Gasteiger partial charge is 0.378 e. The van der Waals surface area contributed by atoms with Crippen LogP contribution in [0.1, 0.15) is 23.1 Å². The Labute approximate surface area is 107 Å². The summed E-state index contributed by atoms with van der Waals surface area (Å²) in [6, 6.07) is 0. The number of morpholine rings is 1. The van der Waals surface area contributed by atoms with Crippen LogP contribution in [0.25, 0.3) is 0 Å². The van der Waals surface area contributed by atoms with Crippen LogP contribution in [-0.2, 0) is 10.9 Å². The van der Waals surface area contributed by atoms with Crippen LogP contribution >= 0.6 is 0 Å². The molecular formula is C11H12F3N3O2. The summed E-state index contributed by atoms with van der Waals surface area (Å²) in [6.45, 7) is 2.85. The first kappa shape index (κ1) is 13.7. The number of carbonyl (C=O) groups excluding carboxylic acids is 1. The second-order valence-electron chi connectivity index (χ2n) is 4.08. The maximum atomic E-state index is 12.6. The Kier molecular flexibility index (Phi) is 3.70. The molecule has 0 spiro atoms. The fraction of sp³-hybridized carbons (Fsp3) is 0.545. The van der Waals surface area contributed by atoms with Crippen LogP contribution in [0.3, 0.4) is 0 Å². The van der Waals surface area contributed by atoms with Crippen LogP contribution in [-0.4, -0.2) is 42.1 Å². The molecule has 1 aromatic rings. The molecule has 0 bridgehead atoms. The zero-order chi connectivity index (χ0) is 14.0. The summed E-state index contributed by atoms with van der Waals surface area (Å²) in [6.07, 6.45) is -3.70. The molecule has 1 aromatic heterocycles. The minimum absolute atomic E-state index is 0.0260. The van der Waals surface area contributed by atoms with E-state index in [9.17, 15) is 18.0 Å². The van der Waals surface area contributed by atoms with Gasteiger partial charge in [-0.2, -0.15) is 13.2 Å². The summed E-state index contributed by atoms with van der Waals surface area (Å²) in [7, 11) is 0. The number of alkyl halides is 3. The maximum Gasteiger partial charge on any atom is 0.451 e. The Balaban J connectivity index is 2.44. The minimum Gasteiger partial charge on any atom is -0.378 e. The van der Waals surface area contributed by atoms with E-state index in [1.54, 1.807) is 4.90 Å². The van der Waals surface area contributed by atoms with Crippen molar-refractivity contribution in [3.05, 3.63) is 17.6 Å². The van der Waals surface area contributed by atoms with E-state index in [-0.39, 0.29) is 17.2 Å². The summed E-state index contributed by atoms with van der Waals surface area (Å²) >= 11 is 0. The van der Waals surface area contributed by atoms with E-state index in [4.69, 9.17) is 4.74 Å². The Bertz CT molecular complexity index is 485. The van der Waals surface area contributed by atoms with Gasteiger partial charge < -0.3 is 9.64 Å². The number of rotatable bonds is 2. The van der Waals surface area contributed by atoms with Gasteiger partial charge in [-0.15, -0.1) is 0 Å². The highest BCUT2D eigenvalue weighted by atomic mass is 19.4. The standard InChI is InChI=1S/C11H12F3N3O2/c1-7(18)8-6-15-10(11(12,13)14)16-9(8)17-2-4-19-5-3-17/h6H,2-5H2,1H3. The number of carbonyl (C=O) groups is 1. The van der Waals surface area contributed by atoms with Gasteiger partial charge in [0.05, 0.1) is 18.8 Å². The molecule has 0 atom stereocenters. The Hall–Kier alpha value is -1.70. The molecular weight excluding hydrogens is 263 g/mol. The van der Waals surface area contributed by atoms with Crippen molar-refractivity contribution in [3.63, 3.8) is 0 Å². The van der Waals surface area contributed by atoms with Crippen molar-refractivity contribution in [2.45, 2.75) is 13.1 Å². The van der Waals surface area contributed by atoms with Gasteiger partial charge in [0, 0.05) is 19.3 Å². The van der Waals surface area contributed by atoms with Crippen LogP contribution in [0.4, 0.5) is 19.0 Å². The molecule has 0 amide bonds. The van der Waals surface area contributed by atoms with Crippen LogP contribution in [0, 0.1) is 0 Å². The molecule has 19 heavy (non-hydrogen) atoms. The summed E-state index contributed by atoms with van der Waals surface area (Å²) in [5, 5.41) is 0. The SMILES string of the molecule is CC(=O)c1cnc(C(F)(F)F)nc1N1CCOCC1. The fourth-order valence-corrected chi connectivity index (χ4v) is 1.77. The molecule has 1 fully saturated rings. The molecule has 0 aliphatic carbocycles. The predicted octanol–water partition coefficient (Wildman–Crippen LogP) is 1.53. The maximum absolute atomic E-state index is 12.6. The van der Waals surface area contributed by atoms with Gasteiger partial charge >= 0.3 is 6.18 Å². The normalized spacial score (nSPS) is 16.5. The van der Waals surface area contributed by atoms with Crippen LogP contribution in [0.15, 0.2) is 6.20 Å². The number of anilines is 1. The molecule has 8 heteroatoms. The molecule has 1 aliphatic rings. The largest absolute Gasteiger partial charge is 0.451 e. The molecule has 2 heterocycles. The van der Waals surface area contributed by atoms with E-state index >= 15 is 0 Å². The van der Waals surface area contributed by atoms with Crippen molar-refractivity contribution < 1.29 is 22.7 Å².